The van der Waals surface area contributed by atoms with Crippen LogP contribution in [-0.2, 0) is 16.6 Å². The molecule has 0 radical (unpaired) electrons. The number of alkyl halides is 1. The number of benzene rings is 1. The van der Waals surface area contributed by atoms with Crippen LogP contribution in [0.3, 0.4) is 0 Å². The quantitative estimate of drug-likeness (QED) is 0.796. The van der Waals surface area contributed by atoms with Crippen LogP contribution in [0.1, 0.15) is 5.56 Å². The Hall–Kier alpha value is -0.460. The molecule has 0 saturated heterocycles. The molecule has 0 amide bonds. The Labute approximate surface area is 97.1 Å². The van der Waals surface area contributed by atoms with Gasteiger partial charge in [-0.2, -0.15) is 4.31 Å². The highest BCUT2D eigenvalue weighted by atomic mass is 79.9. The number of hydrogen-bond acceptors (Lipinski definition) is 2. The molecule has 0 aliphatic heterocycles. The van der Waals surface area contributed by atoms with Crippen molar-refractivity contribution in [3.63, 3.8) is 0 Å². The van der Waals surface area contributed by atoms with Crippen LogP contribution < -0.4 is 0 Å². The van der Waals surface area contributed by atoms with Gasteiger partial charge in [0, 0.05) is 19.2 Å². The molecule has 0 atom stereocenters. The molecule has 0 aliphatic rings. The number of halogens is 2. The van der Waals surface area contributed by atoms with Crippen molar-refractivity contribution in [2.24, 2.45) is 0 Å². The smallest absolute Gasteiger partial charge is 0.211 e. The van der Waals surface area contributed by atoms with Crippen LogP contribution >= 0.6 is 15.9 Å². The van der Waals surface area contributed by atoms with Crippen molar-refractivity contribution < 1.29 is 12.8 Å². The average molecular weight is 296 g/mol. The normalized spacial score (nSPS) is 12.0. The molecule has 0 unspecified atom stereocenters. The van der Waals surface area contributed by atoms with Crippen LogP contribution in [0, 0.1) is 5.82 Å². The first-order valence-electron chi connectivity index (χ1n) is 4.21. The molecular formula is C9H11BrFNO2S. The number of sulfonamides is 1. The molecule has 3 nitrogen and oxygen atoms in total. The maximum Gasteiger partial charge on any atom is 0.224 e. The van der Waals surface area contributed by atoms with Crippen LogP contribution in [0.5, 0.6) is 0 Å². The fraction of sp³-hybridized carbons (Fsp3) is 0.333. The molecule has 0 saturated carbocycles. The van der Waals surface area contributed by atoms with Crippen molar-refractivity contribution in [2.75, 3.05) is 11.7 Å². The lowest BCUT2D eigenvalue weighted by Crippen LogP contribution is -2.27. The Morgan fingerprint density at radius 1 is 1.40 bits per heavy atom. The van der Waals surface area contributed by atoms with Gasteiger partial charge >= 0.3 is 0 Å². The van der Waals surface area contributed by atoms with Crippen molar-refractivity contribution in [2.45, 2.75) is 6.54 Å². The standard InChI is InChI=1S/C9H11BrFNO2S/c1-12(15(13,14)7-10)6-8-4-2-3-5-9(8)11/h2-5H,6-7H2,1H3. The van der Waals surface area contributed by atoms with Gasteiger partial charge in [-0.05, 0) is 6.07 Å². The van der Waals surface area contributed by atoms with Crippen molar-refractivity contribution >= 4 is 26.0 Å². The molecule has 0 bridgehead atoms. The highest BCUT2D eigenvalue weighted by Crippen LogP contribution is 2.12. The van der Waals surface area contributed by atoms with Crippen molar-refractivity contribution in [1.82, 2.24) is 4.31 Å². The Bertz CT molecular complexity index is 435. The lowest BCUT2D eigenvalue weighted by molar-refractivity contribution is 0.460. The van der Waals surface area contributed by atoms with E-state index in [-0.39, 0.29) is 11.2 Å². The van der Waals surface area contributed by atoms with Gasteiger partial charge in [0.1, 0.15) is 10.5 Å². The van der Waals surface area contributed by atoms with E-state index in [2.05, 4.69) is 15.9 Å². The number of rotatable bonds is 4. The van der Waals surface area contributed by atoms with E-state index in [4.69, 9.17) is 0 Å². The van der Waals surface area contributed by atoms with E-state index >= 15 is 0 Å². The number of nitrogens with zero attached hydrogens (tertiary/aromatic N) is 1. The second kappa shape index (κ2) is 5.05. The molecule has 84 valence electrons. The van der Waals surface area contributed by atoms with Crippen molar-refractivity contribution in [3.05, 3.63) is 35.6 Å². The van der Waals surface area contributed by atoms with Gasteiger partial charge in [-0.15, -0.1) is 0 Å². The minimum absolute atomic E-state index is 0.0423. The minimum atomic E-state index is -3.33. The molecule has 0 heterocycles. The second-order valence-corrected chi connectivity index (χ2v) is 6.45. The van der Waals surface area contributed by atoms with Gasteiger partial charge in [-0.3, -0.25) is 0 Å². The molecule has 0 N–H and O–H groups in total. The fourth-order valence-electron chi connectivity index (χ4n) is 1.05. The summed E-state index contributed by atoms with van der Waals surface area (Å²) in [6, 6.07) is 6.12. The SMILES string of the molecule is CN(Cc1ccccc1F)S(=O)(=O)CBr. The van der Waals surface area contributed by atoms with Gasteiger partial charge in [0.2, 0.25) is 10.0 Å². The zero-order valence-electron chi connectivity index (χ0n) is 8.15. The summed E-state index contributed by atoms with van der Waals surface area (Å²) in [6.45, 7) is 0.0423. The van der Waals surface area contributed by atoms with E-state index in [0.717, 1.165) is 4.31 Å². The molecule has 0 aliphatic carbocycles. The molecule has 1 aromatic carbocycles. The van der Waals surface area contributed by atoms with Gasteiger partial charge < -0.3 is 0 Å². The topological polar surface area (TPSA) is 37.4 Å². The zero-order chi connectivity index (χ0) is 11.5. The summed E-state index contributed by atoms with van der Waals surface area (Å²) < 4.78 is 36.9. The van der Waals surface area contributed by atoms with Crippen LogP contribution in [0.25, 0.3) is 0 Å². The molecule has 6 heteroatoms. The Balaban J connectivity index is 2.84. The second-order valence-electron chi connectivity index (χ2n) is 3.07. The van der Waals surface area contributed by atoms with E-state index < -0.39 is 15.8 Å². The predicted molar refractivity (Wildman–Crippen MR) is 60.6 cm³/mol. The average Bonchev–Trinajstić information content (AvgIpc) is 2.21. The molecule has 1 rings (SSSR count). The summed E-state index contributed by atoms with van der Waals surface area (Å²) in [5, 5.41) is 0. The van der Waals surface area contributed by atoms with E-state index in [1.54, 1.807) is 18.2 Å². The van der Waals surface area contributed by atoms with Crippen LogP contribution in [0.4, 0.5) is 4.39 Å². The van der Waals surface area contributed by atoms with Crippen molar-refractivity contribution in [3.8, 4) is 0 Å². The summed E-state index contributed by atoms with van der Waals surface area (Å²) in [5.74, 6) is -0.394. The largest absolute Gasteiger partial charge is 0.224 e. The molecule has 0 fully saturated rings. The lowest BCUT2D eigenvalue weighted by atomic mass is 10.2. The monoisotopic (exact) mass is 295 g/mol. The minimum Gasteiger partial charge on any atom is -0.211 e. The number of hydrogen-bond donors (Lipinski definition) is 0. The van der Waals surface area contributed by atoms with Gasteiger partial charge in [-0.1, -0.05) is 34.1 Å². The molecule has 0 aromatic heterocycles. The Kier molecular flexibility index (Phi) is 4.24. The van der Waals surface area contributed by atoms with E-state index in [1.165, 1.54) is 13.1 Å². The third kappa shape index (κ3) is 3.25. The molecule has 1 aromatic rings. The highest BCUT2D eigenvalue weighted by Gasteiger charge is 2.17. The zero-order valence-corrected chi connectivity index (χ0v) is 10.6. The third-order valence-corrected chi connectivity index (χ3v) is 5.05. The first kappa shape index (κ1) is 12.6. The van der Waals surface area contributed by atoms with Gasteiger partial charge in [0.25, 0.3) is 0 Å². The molecule has 15 heavy (non-hydrogen) atoms. The van der Waals surface area contributed by atoms with E-state index in [0.29, 0.717) is 5.56 Å². The maximum atomic E-state index is 13.2. The summed E-state index contributed by atoms with van der Waals surface area (Å²) in [5.41, 5.74) is 0.365. The highest BCUT2D eigenvalue weighted by molar-refractivity contribution is 9.10. The Morgan fingerprint density at radius 2 is 2.00 bits per heavy atom. The van der Waals surface area contributed by atoms with Crippen molar-refractivity contribution in [1.29, 1.82) is 0 Å². The molecular weight excluding hydrogens is 285 g/mol. The van der Waals surface area contributed by atoms with Gasteiger partial charge in [-0.25, -0.2) is 12.8 Å². The lowest BCUT2D eigenvalue weighted by Gasteiger charge is -2.15. The van der Waals surface area contributed by atoms with Gasteiger partial charge in [0.15, 0.2) is 0 Å². The van der Waals surface area contributed by atoms with Crippen LogP contribution in [0.2, 0.25) is 0 Å². The molecule has 0 spiro atoms. The summed E-state index contributed by atoms with van der Waals surface area (Å²) >= 11 is 2.88. The fourth-order valence-corrected chi connectivity index (χ4v) is 2.60. The van der Waals surface area contributed by atoms with Crippen LogP contribution in [0.15, 0.2) is 24.3 Å². The first-order chi connectivity index (χ1) is 6.97. The van der Waals surface area contributed by atoms with Crippen LogP contribution in [-0.4, -0.2) is 24.4 Å². The third-order valence-electron chi connectivity index (χ3n) is 1.96. The van der Waals surface area contributed by atoms with Gasteiger partial charge in [0.05, 0.1) is 0 Å². The first-order valence-corrected chi connectivity index (χ1v) is 6.94. The maximum absolute atomic E-state index is 13.2. The predicted octanol–water partition coefficient (Wildman–Crippen LogP) is 1.94. The summed E-state index contributed by atoms with van der Waals surface area (Å²) in [7, 11) is -1.91. The van der Waals surface area contributed by atoms with E-state index in [9.17, 15) is 12.8 Å². The van der Waals surface area contributed by atoms with E-state index in [1.807, 2.05) is 0 Å². The summed E-state index contributed by atoms with van der Waals surface area (Å²) in [4.78, 5) is 0. The summed E-state index contributed by atoms with van der Waals surface area (Å²) in [6.07, 6.45) is 0. The Morgan fingerprint density at radius 3 is 2.53 bits per heavy atom.